The van der Waals surface area contributed by atoms with Crippen molar-refractivity contribution in [3.05, 3.63) is 182 Å². The Morgan fingerprint density at radius 1 is 0.604 bits per heavy atom. The van der Waals surface area contributed by atoms with Crippen LogP contribution in [0.4, 0.5) is 17.1 Å². The Morgan fingerprint density at radius 2 is 1.40 bits per heavy atom. The van der Waals surface area contributed by atoms with Gasteiger partial charge in [0.25, 0.3) is 0 Å². The molecule has 3 heterocycles. The van der Waals surface area contributed by atoms with E-state index in [1.165, 1.54) is 16.2 Å². The molecule has 0 N–H and O–H groups in total. The highest BCUT2D eigenvalue weighted by atomic mass is 16.5. The summed E-state index contributed by atoms with van der Waals surface area (Å²) in [5.41, 5.74) is 9.34. The largest absolute Gasteiger partial charge is 0.453 e. The van der Waals surface area contributed by atoms with Crippen molar-refractivity contribution in [3.63, 3.8) is 0 Å². The standard InChI is InChI=1S/C48H32N4O/c1-3-15-32(16-4-1)46-37-20-9-10-23-39(37)49-48(50-46)52-42-29-26-31-14-7-8-19-35(31)45(42)38-22-13-21-36(47(38)52)33-27-28-41-44(30-33)53-43-25-12-11-24-40(43)51(41)34-17-5-2-6-18-34/h1-15,17-30,32H,16H2. The molecular weight excluding hydrogens is 649 g/mol. The fourth-order valence-corrected chi connectivity index (χ4v) is 8.31. The minimum absolute atomic E-state index is 0.160. The van der Waals surface area contributed by atoms with Gasteiger partial charge >= 0.3 is 0 Å². The number of nitrogens with zero attached hydrogens (tertiary/aromatic N) is 4. The van der Waals surface area contributed by atoms with Crippen molar-refractivity contribution in [2.24, 2.45) is 0 Å². The van der Waals surface area contributed by atoms with Gasteiger partial charge in [0.05, 0.1) is 33.6 Å². The average Bonchev–Trinajstić information content (AvgIpc) is 3.58. The molecule has 7 aromatic carbocycles. The van der Waals surface area contributed by atoms with Crippen molar-refractivity contribution in [2.75, 3.05) is 4.90 Å². The summed E-state index contributed by atoms with van der Waals surface area (Å²) in [6.07, 6.45) is 9.63. The molecular formula is C48H32N4O. The number of hydrogen-bond acceptors (Lipinski definition) is 4. The fraction of sp³-hybridized carbons (Fsp3) is 0.0417. The van der Waals surface area contributed by atoms with Gasteiger partial charge in [-0.25, -0.2) is 9.97 Å². The second-order valence-corrected chi connectivity index (χ2v) is 13.7. The van der Waals surface area contributed by atoms with Gasteiger partial charge in [-0.15, -0.1) is 0 Å². The Bertz CT molecular complexity index is 2980. The number of para-hydroxylation sites is 5. The molecule has 5 heteroatoms. The van der Waals surface area contributed by atoms with Crippen LogP contribution in [0.3, 0.4) is 0 Å². The molecule has 9 aromatic rings. The summed E-state index contributed by atoms with van der Waals surface area (Å²) in [5.74, 6) is 2.45. The molecule has 1 aliphatic heterocycles. The Morgan fingerprint density at radius 3 is 2.30 bits per heavy atom. The van der Waals surface area contributed by atoms with Crippen molar-refractivity contribution >= 4 is 60.5 Å². The summed E-state index contributed by atoms with van der Waals surface area (Å²) >= 11 is 0. The van der Waals surface area contributed by atoms with E-state index in [1.807, 2.05) is 18.2 Å². The Labute approximate surface area is 306 Å². The molecule has 0 bridgehead atoms. The summed E-state index contributed by atoms with van der Waals surface area (Å²) in [6.45, 7) is 0. The highest BCUT2D eigenvalue weighted by Gasteiger charge is 2.27. The summed E-state index contributed by atoms with van der Waals surface area (Å²) in [6, 6.07) is 53.4. The molecule has 1 atom stereocenters. The van der Waals surface area contributed by atoms with E-state index in [4.69, 9.17) is 14.7 Å². The maximum absolute atomic E-state index is 6.68. The van der Waals surface area contributed by atoms with E-state index in [9.17, 15) is 0 Å². The lowest BCUT2D eigenvalue weighted by Gasteiger charge is -2.33. The van der Waals surface area contributed by atoms with Gasteiger partial charge in [0, 0.05) is 33.3 Å². The van der Waals surface area contributed by atoms with Gasteiger partial charge < -0.3 is 9.64 Å². The summed E-state index contributed by atoms with van der Waals surface area (Å²) in [7, 11) is 0. The zero-order chi connectivity index (χ0) is 34.9. The molecule has 2 aliphatic rings. The Hall–Kier alpha value is -6.98. The van der Waals surface area contributed by atoms with Gasteiger partial charge in [-0.2, -0.15) is 0 Å². The van der Waals surface area contributed by atoms with Crippen LogP contribution in [0.1, 0.15) is 18.0 Å². The van der Waals surface area contributed by atoms with E-state index in [0.29, 0.717) is 5.95 Å². The quantitative estimate of drug-likeness (QED) is 0.186. The number of rotatable bonds is 4. The number of benzene rings is 7. The van der Waals surface area contributed by atoms with Crippen molar-refractivity contribution in [1.82, 2.24) is 14.5 Å². The van der Waals surface area contributed by atoms with E-state index in [-0.39, 0.29) is 5.92 Å². The topological polar surface area (TPSA) is 43.2 Å². The number of hydrogen-bond donors (Lipinski definition) is 0. The summed E-state index contributed by atoms with van der Waals surface area (Å²) < 4.78 is 8.97. The van der Waals surface area contributed by atoms with Crippen LogP contribution in [0, 0.1) is 0 Å². The van der Waals surface area contributed by atoms with Gasteiger partial charge in [0.1, 0.15) is 0 Å². The van der Waals surface area contributed by atoms with Crippen molar-refractivity contribution in [2.45, 2.75) is 12.3 Å². The lowest BCUT2D eigenvalue weighted by molar-refractivity contribution is 0.477. The normalized spacial score (nSPS) is 14.9. The van der Waals surface area contributed by atoms with Crippen LogP contribution >= 0.6 is 0 Å². The van der Waals surface area contributed by atoms with Crippen LogP contribution in [0.25, 0.3) is 60.6 Å². The monoisotopic (exact) mass is 680 g/mol. The lowest BCUT2D eigenvalue weighted by Crippen LogP contribution is -2.15. The SMILES string of the molecule is C1=CCC(c2nc(-n3c4ccc5ccccc5c4c4cccc(-c5ccc6c(c5)Oc5ccccc5N6c5ccccc5)c43)nc3ccccc23)C=C1. The zero-order valence-electron chi connectivity index (χ0n) is 28.7. The molecule has 1 aliphatic carbocycles. The maximum atomic E-state index is 6.68. The highest BCUT2D eigenvalue weighted by molar-refractivity contribution is 6.23. The van der Waals surface area contributed by atoms with Crippen molar-refractivity contribution in [1.29, 1.82) is 0 Å². The molecule has 0 saturated carbocycles. The van der Waals surface area contributed by atoms with Crippen LogP contribution in [0.15, 0.2) is 176 Å². The minimum atomic E-state index is 0.160. The van der Waals surface area contributed by atoms with Crippen LogP contribution in [-0.2, 0) is 0 Å². The predicted octanol–water partition coefficient (Wildman–Crippen LogP) is 12.7. The van der Waals surface area contributed by atoms with Crippen molar-refractivity contribution < 1.29 is 4.74 Å². The first kappa shape index (κ1) is 29.7. The molecule has 0 saturated heterocycles. The van der Waals surface area contributed by atoms with Crippen molar-refractivity contribution in [3.8, 4) is 28.6 Å². The van der Waals surface area contributed by atoms with E-state index >= 15 is 0 Å². The van der Waals surface area contributed by atoms with Gasteiger partial charge in [0.15, 0.2) is 11.5 Å². The summed E-state index contributed by atoms with van der Waals surface area (Å²) in [4.78, 5) is 13.0. The van der Waals surface area contributed by atoms with Crippen LogP contribution in [0.2, 0.25) is 0 Å². The lowest BCUT2D eigenvalue weighted by atomic mass is 9.94. The second kappa shape index (κ2) is 11.8. The van der Waals surface area contributed by atoms with Gasteiger partial charge in [0.2, 0.25) is 5.95 Å². The van der Waals surface area contributed by atoms with Crippen LogP contribution in [0.5, 0.6) is 11.5 Å². The van der Waals surface area contributed by atoms with E-state index in [0.717, 1.165) is 79.1 Å². The molecule has 5 nitrogen and oxygen atoms in total. The van der Waals surface area contributed by atoms with E-state index in [1.54, 1.807) is 0 Å². The first-order chi connectivity index (χ1) is 26.3. The third kappa shape index (κ3) is 4.64. The van der Waals surface area contributed by atoms with E-state index in [2.05, 4.69) is 167 Å². The first-order valence-electron chi connectivity index (χ1n) is 18.1. The third-order valence-electron chi connectivity index (χ3n) is 10.7. The molecule has 0 spiro atoms. The number of ether oxygens (including phenoxy) is 1. The molecule has 250 valence electrons. The molecule has 0 amide bonds. The number of allylic oxidation sites excluding steroid dienone is 4. The molecule has 53 heavy (non-hydrogen) atoms. The number of aromatic nitrogens is 3. The minimum Gasteiger partial charge on any atom is -0.453 e. The second-order valence-electron chi connectivity index (χ2n) is 13.7. The number of anilines is 3. The van der Waals surface area contributed by atoms with Gasteiger partial charge in [-0.1, -0.05) is 127 Å². The molecule has 0 fully saturated rings. The predicted molar refractivity (Wildman–Crippen MR) is 217 cm³/mol. The van der Waals surface area contributed by atoms with Gasteiger partial charge in [-0.05, 0) is 71.3 Å². The smallest absolute Gasteiger partial charge is 0.235 e. The Balaban J connectivity index is 1.19. The summed E-state index contributed by atoms with van der Waals surface area (Å²) in [5, 5.41) is 5.84. The van der Waals surface area contributed by atoms with Crippen LogP contribution < -0.4 is 9.64 Å². The maximum Gasteiger partial charge on any atom is 0.235 e. The molecule has 2 aromatic heterocycles. The average molecular weight is 681 g/mol. The fourth-order valence-electron chi connectivity index (χ4n) is 8.31. The van der Waals surface area contributed by atoms with Gasteiger partial charge in [-0.3, -0.25) is 4.57 Å². The van der Waals surface area contributed by atoms with E-state index < -0.39 is 0 Å². The molecule has 11 rings (SSSR count). The Kier molecular flexibility index (Phi) is 6.61. The zero-order valence-corrected chi connectivity index (χ0v) is 28.7. The highest BCUT2D eigenvalue weighted by Crippen LogP contribution is 2.52. The van der Waals surface area contributed by atoms with Crippen LogP contribution in [-0.4, -0.2) is 14.5 Å². The first-order valence-corrected chi connectivity index (χ1v) is 18.1. The third-order valence-corrected chi connectivity index (χ3v) is 10.7. The number of fused-ring (bicyclic) bond motifs is 8. The molecule has 1 unspecified atom stereocenters. The molecule has 0 radical (unpaired) electrons.